The first-order valence-corrected chi connectivity index (χ1v) is 5.28. The fraction of sp³-hybridized carbons (Fsp3) is 0.0714. The summed E-state index contributed by atoms with van der Waals surface area (Å²) in [5, 5.41) is 3.02. The Morgan fingerprint density at radius 2 is 1.71 bits per heavy atom. The van der Waals surface area contributed by atoms with Gasteiger partial charge < -0.3 is 9.15 Å². The van der Waals surface area contributed by atoms with Crippen molar-refractivity contribution < 1.29 is 9.15 Å². The molecule has 0 unspecified atom stereocenters. The molecule has 0 radical (unpaired) electrons. The topological polar surface area (TPSA) is 39.4 Å². The number of hydrogen-bond acceptors (Lipinski definition) is 3. The first-order valence-electron chi connectivity index (χ1n) is 5.28. The van der Waals surface area contributed by atoms with E-state index in [9.17, 15) is 4.79 Å². The quantitative estimate of drug-likeness (QED) is 0.473. The van der Waals surface area contributed by atoms with Gasteiger partial charge in [-0.15, -0.1) is 0 Å². The molecule has 3 rings (SSSR count). The highest BCUT2D eigenvalue weighted by molar-refractivity contribution is 5.95. The van der Waals surface area contributed by atoms with E-state index in [0.29, 0.717) is 5.58 Å². The van der Waals surface area contributed by atoms with Gasteiger partial charge in [0.2, 0.25) is 5.75 Å². The molecular weight excluding hydrogens is 216 g/mol. The first-order chi connectivity index (χ1) is 8.28. The number of rotatable bonds is 1. The minimum Gasteiger partial charge on any atom is -0.490 e. The molecule has 0 saturated heterocycles. The molecular formula is C14H10O3. The summed E-state index contributed by atoms with van der Waals surface area (Å²) in [6, 6.07) is 13.5. The molecule has 3 heteroatoms. The Labute approximate surface area is 97.2 Å². The Morgan fingerprint density at radius 1 is 1.00 bits per heavy atom. The maximum Gasteiger partial charge on any atom is 0.379 e. The zero-order valence-corrected chi connectivity index (χ0v) is 9.27. The Hall–Kier alpha value is -2.29. The summed E-state index contributed by atoms with van der Waals surface area (Å²) in [6.45, 7) is 0. The summed E-state index contributed by atoms with van der Waals surface area (Å²) in [4.78, 5) is 11.5. The lowest BCUT2D eigenvalue weighted by Gasteiger charge is -2.03. The van der Waals surface area contributed by atoms with Gasteiger partial charge in [-0.05, 0) is 29.0 Å². The second-order valence-electron chi connectivity index (χ2n) is 3.84. The molecule has 0 aliphatic rings. The molecule has 3 aromatic rings. The van der Waals surface area contributed by atoms with Gasteiger partial charge in [-0.25, -0.2) is 4.79 Å². The second kappa shape index (κ2) is 3.63. The van der Waals surface area contributed by atoms with Crippen LogP contribution in [0.25, 0.3) is 21.7 Å². The molecule has 0 spiro atoms. The van der Waals surface area contributed by atoms with Crippen LogP contribution in [0.4, 0.5) is 0 Å². The van der Waals surface area contributed by atoms with Crippen LogP contribution in [0.5, 0.6) is 5.75 Å². The summed E-state index contributed by atoms with van der Waals surface area (Å²) < 4.78 is 10.2. The van der Waals surface area contributed by atoms with Gasteiger partial charge in [-0.3, -0.25) is 0 Å². The van der Waals surface area contributed by atoms with E-state index < -0.39 is 5.63 Å². The lowest BCUT2D eigenvalue weighted by molar-refractivity contribution is 0.385. The normalized spacial score (nSPS) is 10.9. The van der Waals surface area contributed by atoms with Crippen molar-refractivity contribution in [2.24, 2.45) is 0 Å². The van der Waals surface area contributed by atoms with Crippen molar-refractivity contribution in [1.29, 1.82) is 0 Å². The molecule has 0 fully saturated rings. The predicted molar refractivity (Wildman–Crippen MR) is 66.5 cm³/mol. The summed E-state index contributed by atoms with van der Waals surface area (Å²) >= 11 is 0. The zero-order chi connectivity index (χ0) is 11.8. The third-order valence-electron chi connectivity index (χ3n) is 2.79. The van der Waals surface area contributed by atoms with Crippen molar-refractivity contribution in [3.8, 4) is 5.75 Å². The molecule has 1 heterocycles. The van der Waals surface area contributed by atoms with Crippen LogP contribution in [0.2, 0.25) is 0 Å². The molecule has 1 aromatic heterocycles. The van der Waals surface area contributed by atoms with Crippen LogP contribution in [0, 0.1) is 0 Å². The lowest BCUT2D eigenvalue weighted by Crippen LogP contribution is -2.02. The van der Waals surface area contributed by atoms with Gasteiger partial charge in [0.05, 0.1) is 7.11 Å². The van der Waals surface area contributed by atoms with E-state index in [1.54, 1.807) is 6.07 Å². The number of benzene rings is 2. The van der Waals surface area contributed by atoms with E-state index in [4.69, 9.17) is 9.15 Å². The Balaban J connectivity index is 2.44. The van der Waals surface area contributed by atoms with Crippen molar-refractivity contribution in [2.45, 2.75) is 0 Å². The molecule has 0 amide bonds. The Morgan fingerprint density at radius 3 is 2.41 bits per heavy atom. The summed E-state index contributed by atoms with van der Waals surface area (Å²) in [5.41, 5.74) is 0.129. The summed E-state index contributed by atoms with van der Waals surface area (Å²) in [5.74, 6) is 0.229. The van der Waals surface area contributed by atoms with E-state index in [0.717, 1.165) is 16.2 Å². The molecule has 0 N–H and O–H groups in total. The fourth-order valence-electron chi connectivity index (χ4n) is 1.93. The van der Waals surface area contributed by atoms with Crippen molar-refractivity contribution in [3.63, 3.8) is 0 Å². The van der Waals surface area contributed by atoms with E-state index in [-0.39, 0.29) is 5.75 Å². The summed E-state index contributed by atoms with van der Waals surface area (Å²) in [6.07, 6.45) is 0. The number of hydrogen-bond donors (Lipinski definition) is 0. The molecule has 0 atom stereocenters. The van der Waals surface area contributed by atoms with Crippen molar-refractivity contribution in [3.05, 3.63) is 52.9 Å². The molecule has 3 nitrogen and oxygen atoms in total. The van der Waals surface area contributed by atoms with Gasteiger partial charge in [0.15, 0.2) is 0 Å². The van der Waals surface area contributed by atoms with E-state index in [2.05, 4.69) is 0 Å². The van der Waals surface area contributed by atoms with Gasteiger partial charge in [-0.1, -0.05) is 24.3 Å². The predicted octanol–water partition coefficient (Wildman–Crippen LogP) is 2.95. The SMILES string of the molecule is COc1cc2cc3ccccc3cc2oc1=O. The standard InChI is InChI=1S/C14H10O3/c1-16-13-8-11-6-9-4-2-3-5-10(9)7-12(11)17-14(13)15/h2-8H,1H3. The van der Waals surface area contributed by atoms with Crippen molar-refractivity contribution in [2.75, 3.05) is 7.11 Å². The molecule has 0 aliphatic heterocycles. The van der Waals surface area contributed by atoms with Crippen LogP contribution in [0.15, 0.2) is 51.7 Å². The highest BCUT2D eigenvalue weighted by Crippen LogP contribution is 2.23. The smallest absolute Gasteiger partial charge is 0.379 e. The molecule has 0 aliphatic carbocycles. The maximum absolute atomic E-state index is 11.5. The van der Waals surface area contributed by atoms with Crippen LogP contribution in [-0.4, -0.2) is 7.11 Å². The minimum atomic E-state index is -0.449. The molecule has 17 heavy (non-hydrogen) atoms. The van der Waals surface area contributed by atoms with Crippen LogP contribution in [-0.2, 0) is 0 Å². The average molecular weight is 226 g/mol. The lowest BCUT2D eigenvalue weighted by atomic mass is 10.1. The largest absolute Gasteiger partial charge is 0.490 e. The third-order valence-corrected chi connectivity index (χ3v) is 2.79. The Bertz CT molecular complexity index is 756. The third kappa shape index (κ3) is 1.56. The van der Waals surface area contributed by atoms with E-state index in [1.807, 2.05) is 36.4 Å². The van der Waals surface area contributed by atoms with E-state index in [1.165, 1.54) is 7.11 Å². The summed E-state index contributed by atoms with van der Waals surface area (Å²) in [7, 11) is 1.46. The van der Waals surface area contributed by atoms with Gasteiger partial charge >= 0.3 is 5.63 Å². The van der Waals surface area contributed by atoms with Crippen LogP contribution in [0.1, 0.15) is 0 Å². The zero-order valence-electron chi connectivity index (χ0n) is 9.27. The molecule has 0 bridgehead atoms. The number of fused-ring (bicyclic) bond motifs is 2. The first kappa shape index (κ1) is 9.90. The minimum absolute atomic E-state index is 0.229. The van der Waals surface area contributed by atoms with Crippen LogP contribution >= 0.6 is 0 Å². The average Bonchev–Trinajstić information content (AvgIpc) is 2.35. The maximum atomic E-state index is 11.5. The number of ether oxygens (including phenoxy) is 1. The molecule has 84 valence electrons. The second-order valence-corrected chi connectivity index (χ2v) is 3.84. The van der Waals surface area contributed by atoms with E-state index >= 15 is 0 Å². The highest BCUT2D eigenvalue weighted by Gasteiger charge is 2.06. The number of methoxy groups -OCH3 is 1. The van der Waals surface area contributed by atoms with Crippen LogP contribution in [0.3, 0.4) is 0 Å². The molecule has 2 aromatic carbocycles. The van der Waals surface area contributed by atoms with Gasteiger partial charge in [0.1, 0.15) is 5.58 Å². The molecule has 0 saturated carbocycles. The van der Waals surface area contributed by atoms with Crippen molar-refractivity contribution >= 4 is 21.7 Å². The highest BCUT2D eigenvalue weighted by atomic mass is 16.5. The monoisotopic (exact) mass is 226 g/mol. The van der Waals surface area contributed by atoms with Crippen LogP contribution < -0.4 is 10.4 Å². The van der Waals surface area contributed by atoms with Gasteiger partial charge in [-0.2, -0.15) is 0 Å². The van der Waals surface area contributed by atoms with Gasteiger partial charge in [0, 0.05) is 5.39 Å². The Kier molecular flexibility index (Phi) is 2.11. The van der Waals surface area contributed by atoms with Crippen molar-refractivity contribution in [1.82, 2.24) is 0 Å². The van der Waals surface area contributed by atoms with Gasteiger partial charge in [0.25, 0.3) is 0 Å². The fourth-order valence-corrected chi connectivity index (χ4v) is 1.93.